The van der Waals surface area contributed by atoms with E-state index in [2.05, 4.69) is 5.32 Å². The summed E-state index contributed by atoms with van der Waals surface area (Å²) in [6.07, 6.45) is 1.78. The Morgan fingerprint density at radius 1 is 1.69 bits per heavy atom. The smallest absolute Gasteiger partial charge is 0.252 e. The molecule has 1 fully saturated rings. The lowest BCUT2D eigenvalue weighted by Gasteiger charge is -2.12. The summed E-state index contributed by atoms with van der Waals surface area (Å²) in [4.78, 5) is 11.5. The van der Waals surface area contributed by atoms with Crippen LogP contribution in [0, 0.1) is 0 Å². The van der Waals surface area contributed by atoms with Gasteiger partial charge in [-0.1, -0.05) is 0 Å². The molecule has 0 aromatic carbocycles. The fourth-order valence-corrected chi connectivity index (χ4v) is 1.82. The molecule has 2 N–H and O–H groups in total. The molecule has 1 aromatic heterocycles. The SMILES string of the molecule is O=C(NC1(CO)CC1)c1ccsc1. The van der Waals surface area contributed by atoms with Crippen LogP contribution in [0.25, 0.3) is 0 Å². The molecule has 1 heterocycles. The summed E-state index contributed by atoms with van der Waals surface area (Å²) in [5.41, 5.74) is 0.378. The topological polar surface area (TPSA) is 49.3 Å². The van der Waals surface area contributed by atoms with Gasteiger partial charge < -0.3 is 10.4 Å². The van der Waals surface area contributed by atoms with Gasteiger partial charge in [0.05, 0.1) is 17.7 Å². The number of carbonyl (C=O) groups is 1. The molecule has 1 amide bonds. The van der Waals surface area contributed by atoms with Gasteiger partial charge in [0.1, 0.15) is 0 Å². The minimum Gasteiger partial charge on any atom is -0.394 e. The molecular formula is C9H11NO2S. The average molecular weight is 197 g/mol. The molecule has 0 bridgehead atoms. The van der Waals surface area contributed by atoms with Crippen molar-refractivity contribution < 1.29 is 9.90 Å². The zero-order valence-corrected chi connectivity index (χ0v) is 7.93. The molecular weight excluding hydrogens is 186 g/mol. The fraction of sp³-hybridized carbons (Fsp3) is 0.444. The van der Waals surface area contributed by atoms with Gasteiger partial charge in [0.25, 0.3) is 5.91 Å². The van der Waals surface area contributed by atoms with E-state index in [1.54, 1.807) is 6.07 Å². The van der Waals surface area contributed by atoms with Crippen LogP contribution in [0.2, 0.25) is 0 Å². The largest absolute Gasteiger partial charge is 0.394 e. The second-order valence-electron chi connectivity index (χ2n) is 3.40. The molecule has 1 aromatic rings. The summed E-state index contributed by atoms with van der Waals surface area (Å²) in [6, 6.07) is 1.79. The Bertz CT molecular complexity index is 303. The molecule has 0 aliphatic heterocycles. The standard InChI is InChI=1S/C9H11NO2S/c11-6-9(2-3-9)10-8(12)7-1-4-13-5-7/h1,4-5,11H,2-3,6H2,(H,10,12). The van der Waals surface area contributed by atoms with Crippen molar-refractivity contribution in [1.82, 2.24) is 5.32 Å². The maximum Gasteiger partial charge on any atom is 0.252 e. The van der Waals surface area contributed by atoms with Gasteiger partial charge in [-0.2, -0.15) is 11.3 Å². The molecule has 13 heavy (non-hydrogen) atoms. The van der Waals surface area contributed by atoms with Gasteiger partial charge in [-0.25, -0.2) is 0 Å². The highest BCUT2D eigenvalue weighted by molar-refractivity contribution is 7.08. The predicted molar refractivity (Wildman–Crippen MR) is 50.8 cm³/mol. The van der Waals surface area contributed by atoms with Crippen molar-refractivity contribution in [1.29, 1.82) is 0 Å². The first-order chi connectivity index (χ1) is 6.26. The van der Waals surface area contributed by atoms with E-state index in [9.17, 15) is 4.79 Å². The number of aliphatic hydroxyl groups excluding tert-OH is 1. The molecule has 0 saturated heterocycles. The zero-order chi connectivity index (χ0) is 9.31. The van der Waals surface area contributed by atoms with Crippen molar-refractivity contribution >= 4 is 17.2 Å². The first-order valence-corrected chi connectivity index (χ1v) is 5.16. The highest BCUT2D eigenvalue weighted by Gasteiger charge is 2.43. The average Bonchev–Trinajstić information content (AvgIpc) is 2.69. The maximum absolute atomic E-state index is 11.5. The summed E-state index contributed by atoms with van der Waals surface area (Å²) >= 11 is 1.50. The van der Waals surface area contributed by atoms with E-state index in [0.29, 0.717) is 5.56 Å². The predicted octanol–water partition coefficient (Wildman–Crippen LogP) is 1.00. The van der Waals surface area contributed by atoms with Gasteiger partial charge >= 0.3 is 0 Å². The number of carbonyl (C=O) groups excluding carboxylic acids is 1. The van der Waals surface area contributed by atoms with Crippen LogP contribution < -0.4 is 5.32 Å². The Balaban J connectivity index is 2.00. The van der Waals surface area contributed by atoms with Crippen LogP contribution >= 0.6 is 11.3 Å². The Labute approximate surface area is 80.4 Å². The van der Waals surface area contributed by atoms with Crippen LogP contribution in [0.3, 0.4) is 0 Å². The normalized spacial score (nSPS) is 18.2. The van der Waals surface area contributed by atoms with E-state index in [-0.39, 0.29) is 18.1 Å². The van der Waals surface area contributed by atoms with Gasteiger partial charge in [0.2, 0.25) is 0 Å². The molecule has 1 aliphatic rings. The van der Waals surface area contributed by atoms with E-state index in [4.69, 9.17) is 5.11 Å². The summed E-state index contributed by atoms with van der Waals surface area (Å²) in [7, 11) is 0. The minimum absolute atomic E-state index is 0.0445. The van der Waals surface area contributed by atoms with Gasteiger partial charge in [0, 0.05) is 5.38 Å². The van der Waals surface area contributed by atoms with Gasteiger partial charge in [-0.05, 0) is 24.3 Å². The number of amides is 1. The van der Waals surface area contributed by atoms with Crippen molar-refractivity contribution in [3.8, 4) is 0 Å². The second kappa shape index (κ2) is 3.12. The van der Waals surface area contributed by atoms with Crippen molar-refractivity contribution in [2.45, 2.75) is 18.4 Å². The quantitative estimate of drug-likeness (QED) is 0.759. The first-order valence-electron chi connectivity index (χ1n) is 4.21. The third-order valence-electron chi connectivity index (χ3n) is 2.32. The second-order valence-corrected chi connectivity index (χ2v) is 4.18. The van der Waals surface area contributed by atoms with Gasteiger partial charge in [-0.3, -0.25) is 4.79 Å². The van der Waals surface area contributed by atoms with E-state index >= 15 is 0 Å². The molecule has 1 saturated carbocycles. The lowest BCUT2D eigenvalue weighted by atomic mass is 10.2. The molecule has 4 heteroatoms. The monoisotopic (exact) mass is 197 g/mol. The highest BCUT2D eigenvalue weighted by atomic mass is 32.1. The summed E-state index contributed by atoms with van der Waals surface area (Å²) in [5.74, 6) is -0.0761. The van der Waals surface area contributed by atoms with Gasteiger partial charge in [-0.15, -0.1) is 0 Å². The van der Waals surface area contributed by atoms with Crippen LogP contribution in [0.15, 0.2) is 16.8 Å². The summed E-state index contributed by atoms with van der Waals surface area (Å²) in [5, 5.41) is 15.5. The first kappa shape index (κ1) is 8.72. The Kier molecular flexibility index (Phi) is 2.09. The molecule has 3 nitrogen and oxygen atoms in total. The molecule has 0 atom stereocenters. The minimum atomic E-state index is -0.307. The van der Waals surface area contributed by atoms with Gasteiger partial charge in [0.15, 0.2) is 0 Å². The number of nitrogens with one attached hydrogen (secondary N) is 1. The molecule has 0 unspecified atom stereocenters. The van der Waals surface area contributed by atoms with Crippen LogP contribution in [-0.4, -0.2) is 23.2 Å². The summed E-state index contributed by atoms with van der Waals surface area (Å²) in [6.45, 7) is 0.0445. The van der Waals surface area contributed by atoms with E-state index < -0.39 is 0 Å². The number of hydrogen-bond acceptors (Lipinski definition) is 3. The molecule has 0 spiro atoms. The molecule has 70 valence electrons. The fourth-order valence-electron chi connectivity index (χ4n) is 1.18. The van der Waals surface area contributed by atoms with Crippen LogP contribution in [0.1, 0.15) is 23.2 Å². The molecule has 2 rings (SSSR count). The van der Waals surface area contributed by atoms with Crippen molar-refractivity contribution in [3.05, 3.63) is 22.4 Å². The third kappa shape index (κ3) is 1.73. The van der Waals surface area contributed by atoms with E-state index in [1.807, 2.05) is 10.8 Å². The number of aliphatic hydroxyl groups is 1. The maximum atomic E-state index is 11.5. The number of hydrogen-bond donors (Lipinski definition) is 2. The third-order valence-corrected chi connectivity index (χ3v) is 3.00. The molecule has 1 aliphatic carbocycles. The van der Waals surface area contributed by atoms with Crippen molar-refractivity contribution in [3.63, 3.8) is 0 Å². The van der Waals surface area contributed by atoms with Crippen LogP contribution in [0.4, 0.5) is 0 Å². The van der Waals surface area contributed by atoms with Crippen molar-refractivity contribution in [2.75, 3.05) is 6.61 Å². The van der Waals surface area contributed by atoms with Crippen molar-refractivity contribution in [2.24, 2.45) is 0 Å². The highest BCUT2D eigenvalue weighted by Crippen LogP contribution is 2.34. The number of rotatable bonds is 3. The number of thiophene rings is 1. The van der Waals surface area contributed by atoms with E-state index in [0.717, 1.165) is 12.8 Å². The summed E-state index contributed by atoms with van der Waals surface area (Å²) < 4.78 is 0. The molecule has 0 radical (unpaired) electrons. The Hall–Kier alpha value is -0.870. The Morgan fingerprint density at radius 3 is 2.92 bits per heavy atom. The van der Waals surface area contributed by atoms with E-state index in [1.165, 1.54) is 11.3 Å². The zero-order valence-electron chi connectivity index (χ0n) is 7.12. The lowest BCUT2D eigenvalue weighted by molar-refractivity contribution is 0.0907. The Morgan fingerprint density at radius 2 is 2.46 bits per heavy atom. The lowest BCUT2D eigenvalue weighted by Crippen LogP contribution is -2.39. The van der Waals surface area contributed by atoms with Crippen LogP contribution in [-0.2, 0) is 0 Å². The van der Waals surface area contributed by atoms with Crippen LogP contribution in [0.5, 0.6) is 0 Å².